The van der Waals surface area contributed by atoms with Crippen LogP contribution in [0.25, 0.3) is 0 Å². The third-order valence-corrected chi connectivity index (χ3v) is 5.87. The maximum absolute atomic E-state index is 13.0. The largest absolute Gasteiger partial charge is 0.271 e. The lowest BCUT2D eigenvalue weighted by Gasteiger charge is -2.28. The second-order valence-electron chi connectivity index (χ2n) is 7.25. The Bertz CT molecular complexity index is 1050. The summed E-state index contributed by atoms with van der Waals surface area (Å²) in [6.07, 6.45) is -0.270. The Labute approximate surface area is 189 Å². The van der Waals surface area contributed by atoms with Crippen molar-refractivity contribution in [1.82, 2.24) is 9.91 Å². The average molecular weight is 483 g/mol. The molecule has 0 aliphatic carbocycles. The minimum atomic E-state index is -0.270. The Hall–Kier alpha value is -2.47. The number of nitrogens with zero attached hydrogens (tertiary/aromatic N) is 3. The zero-order chi connectivity index (χ0) is 21.1. The van der Waals surface area contributed by atoms with Crippen LogP contribution in [0.2, 0.25) is 5.02 Å². The molecule has 1 fully saturated rings. The van der Waals surface area contributed by atoms with Gasteiger partial charge in [0.25, 0.3) is 5.91 Å². The number of hydrazone groups is 1. The van der Waals surface area contributed by atoms with Gasteiger partial charge in [0.1, 0.15) is 6.17 Å². The average Bonchev–Trinajstić information content (AvgIpc) is 3.04. The molecular formula is C24H21BrClN3O. The highest BCUT2D eigenvalue weighted by molar-refractivity contribution is 9.10. The number of rotatable bonds is 5. The normalized spacial score (nSPS) is 17.6. The van der Waals surface area contributed by atoms with Gasteiger partial charge in [-0.1, -0.05) is 82.1 Å². The fraction of sp³-hybridized carbons (Fsp3) is 0.167. The van der Waals surface area contributed by atoms with Gasteiger partial charge in [-0.05, 0) is 47.9 Å². The van der Waals surface area contributed by atoms with Gasteiger partial charge in [-0.25, -0.2) is 5.01 Å². The van der Waals surface area contributed by atoms with E-state index in [0.717, 1.165) is 26.9 Å². The predicted octanol–water partition coefficient (Wildman–Crippen LogP) is 5.87. The third kappa shape index (κ3) is 4.64. The topological polar surface area (TPSA) is 35.9 Å². The smallest absolute Gasteiger partial charge is 0.258 e. The summed E-state index contributed by atoms with van der Waals surface area (Å²) in [6, 6.07) is 25.7. The van der Waals surface area contributed by atoms with E-state index in [4.69, 9.17) is 16.7 Å². The quantitative estimate of drug-likeness (QED) is 0.426. The molecule has 1 aliphatic heterocycles. The van der Waals surface area contributed by atoms with Crippen molar-refractivity contribution in [2.75, 3.05) is 6.54 Å². The molecule has 1 aliphatic rings. The molecule has 0 radical (unpaired) electrons. The number of amides is 1. The van der Waals surface area contributed by atoms with Crippen LogP contribution in [0.5, 0.6) is 0 Å². The molecular weight excluding hydrogens is 462 g/mol. The van der Waals surface area contributed by atoms with Crippen molar-refractivity contribution < 1.29 is 4.79 Å². The Morgan fingerprint density at radius 2 is 1.70 bits per heavy atom. The van der Waals surface area contributed by atoms with Crippen LogP contribution in [0.1, 0.15) is 29.8 Å². The number of carbonyl (C=O) groups is 1. The van der Waals surface area contributed by atoms with Gasteiger partial charge < -0.3 is 0 Å². The van der Waals surface area contributed by atoms with Crippen molar-refractivity contribution >= 4 is 39.1 Å². The van der Waals surface area contributed by atoms with Gasteiger partial charge >= 0.3 is 0 Å². The summed E-state index contributed by atoms with van der Waals surface area (Å²) in [5.74, 6) is -0.0211. The molecule has 0 bridgehead atoms. The SMILES string of the molecule is C/C(=N\N1C(=O)CN(Cc2ccccc2)C1c1ccc(Br)cc1)c1ccc(Cl)cc1. The summed E-state index contributed by atoms with van der Waals surface area (Å²) in [5.41, 5.74) is 3.88. The molecule has 1 unspecified atom stereocenters. The Morgan fingerprint density at radius 1 is 1.03 bits per heavy atom. The fourth-order valence-electron chi connectivity index (χ4n) is 3.59. The number of hydrogen-bond acceptors (Lipinski definition) is 3. The van der Waals surface area contributed by atoms with Gasteiger partial charge in [0.2, 0.25) is 0 Å². The zero-order valence-corrected chi connectivity index (χ0v) is 18.8. The van der Waals surface area contributed by atoms with Crippen LogP contribution in [-0.4, -0.2) is 28.1 Å². The van der Waals surface area contributed by atoms with Gasteiger partial charge in [-0.15, -0.1) is 0 Å². The fourth-order valence-corrected chi connectivity index (χ4v) is 3.98. The van der Waals surface area contributed by atoms with Crippen LogP contribution >= 0.6 is 27.5 Å². The van der Waals surface area contributed by atoms with Crippen molar-refractivity contribution in [3.8, 4) is 0 Å². The number of halogens is 2. The van der Waals surface area contributed by atoms with Crippen LogP contribution in [0.3, 0.4) is 0 Å². The van der Waals surface area contributed by atoms with Gasteiger partial charge in [-0.3, -0.25) is 9.69 Å². The number of benzene rings is 3. The molecule has 1 heterocycles. The predicted molar refractivity (Wildman–Crippen MR) is 124 cm³/mol. The molecule has 1 atom stereocenters. The van der Waals surface area contributed by atoms with Gasteiger partial charge in [0.05, 0.1) is 12.3 Å². The summed E-state index contributed by atoms with van der Waals surface area (Å²) in [7, 11) is 0. The molecule has 1 saturated heterocycles. The summed E-state index contributed by atoms with van der Waals surface area (Å²) >= 11 is 9.50. The Morgan fingerprint density at radius 3 is 2.37 bits per heavy atom. The van der Waals surface area contributed by atoms with E-state index < -0.39 is 0 Å². The zero-order valence-electron chi connectivity index (χ0n) is 16.5. The van der Waals surface area contributed by atoms with Crippen molar-refractivity contribution in [2.45, 2.75) is 19.6 Å². The van der Waals surface area contributed by atoms with E-state index in [1.54, 1.807) is 5.01 Å². The lowest BCUT2D eigenvalue weighted by molar-refractivity contribution is -0.128. The molecule has 0 aromatic heterocycles. The van der Waals surface area contributed by atoms with E-state index in [9.17, 15) is 4.79 Å². The molecule has 0 saturated carbocycles. The van der Waals surface area contributed by atoms with E-state index >= 15 is 0 Å². The molecule has 0 N–H and O–H groups in total. The second-order valence-corrected chi connectivity index (χ2v) is 8.60. The maximum atomic E-state index is 13.0. The van der Waals surface area contributed by atoms with Crippen molar-refractivity contribution in [3.63, 3.8) is 0 Å². The summed E-state index contributed by atoms with van der Waals surface area (Å²) < 4.78 is 0.998. The highest BCUT2D eigenvalue weighted by atomic mass is 79.9. The Balaban J connectivity index is 1.69. The minimum Gasteiger partial charge on any atom is -0.271 e. The molecule has 30 heavy (non-hydrogen) atoms. The highest BCUT2D eigenvalue weighted by Gasteiger charge is 2.39. The summed E-state index contributed by atoms with van der Waals surface area (Å²) in [4.78, 5) is 15.1. The minimum absolute atomic E-state index is 0.0211. The third-order valence-electron chi connectivity index (χ3n) is 5.09. The molecule has 1 amide bonds. The van der Waals surface area contributed by atoms with Crippen molar-refractivity contribution in [1.29, 1.82) is 0 Å². The lowest BCUT2D eigenvalue weighted by atomic mass is 10.1. The van der Waals surface area contributed by atoms with Crippen LogP contribution in [0.15, 0.2) is 88.4 Å². The summed E-state index contributed by atoms with van der Waals surface area (Å²) in [6.45, 7) is 2.89. The van der Waals surface area contributed by atoms with E-state index in [2.05, 4.69) is 33.0 Å². The van der Waals surface area contributed by atoms with Gasteiger partial charge in [0.15, 0.2) is 0 Å². The first-order chi connectivity index (χ1) is 14.5. The molecule has 3 aromatic rings. The van der Waals surface area contributed by atoms with E-state index in [1.165, 1.54) is 0 Å². The lowest BCUT2D eigenvalue weighted by Crippen LogP contribution is -2.29. The van der Waals surface area contributed by atoms with Gasteiger partial charge in [-0.2, -0.15) is 5.10 Å². The molecule has 4 nitrogen and oxygen atoms in total. The number of hydrogen-bond donors (Lipinski definition) is 0. The Kier molecular flexibility index (Phi) is 6.32. The summed E-state index contributed by atoms with van der Waals surface area (Å²) in [5, 5.41) is 7.01. The van der Waals surface area contributed by atoms with Gasteiger partial charge in [0, 0.05) is 16.0 Å². The maximum Gasteiger partial charge on any atom is 0.258 e. The molecule has 3 aromatic carbocycles. The first-order valence-corrected chi connectivity index (χ1v) is 10.8. The second kappa shape index (κ2) is 9.13. The monoisotopic (exact) mass is 481 g/mol. The molecule has 152 valence electrons. The van der Waals surface area contributed by atoms with E-state index in [0.29, 0.717) is 18.1 Å². The molecule has 6 heteroatoms. The van der Waals surface area contributed by atoms with Crippen LogP contribution in [-0.2, 0) is 11.3 Å². The first kappa shape index (κ1) is 20.8. The highest BCUT2D eigenvalue weighted by Crippen LogP contribution is 2.33. The van der Waals surface area contributed by atoms with Crippen molar-refractivity contribution in [2.24, 2.45) is 5.10 Å². The number of carbonyl (C=O) groups excluding carboxylic acids is 1. The van der Waals surface area contributed by atoms with Crippen LogP contribution < -0.4 is 0 Å². The first-order valence-electron chi connectivity index (χ1n) is 9.68. The molecule has 0 spiro atoms. The van der Waals surface area contributed by atoms with Crippen molar-refractivity contribution in [3.05, 3.63) is 105 Å². The standard InChI is InChI=1S/C24H21BrClN3O/c1-17(19-9-13-22(26)14-10-19)27-29-23(30)16-28(15-18-5-3-2-4-6-18)24(29)20-7-11-21(25)12-8-20/h2-14,24H,15-16H2,1H3/b27-17+. The van der Waals surface area contributed by atoms with Crippen LogP contribution in [0.4, 0.5) is 0 Å². The molecule has 4 rings (SSSR count). The van der Waals surface area contributed by atoms with E-state index in [-0.39, 0.29) is 12.1 Å². The van der Waals surface area contributed by atoms with Crippen LogP contribution in [0, 0.1) is 0 Å². The van der Waals surface area contributed by atoms with E-state index in [1.807, 2.05) is 73.7 Å².